The maximum absolute atomic E-state index is 11.3. The molecule has 0 fully saturated rings. The Hall–Kier alpha value is -1.59. The minimum absolute atomic E-state index is 0.186. The van der Waals surface area contributed by atoms with Crippen LogP contribution in [0.4, 0.5) is 0 Å². The van der Waals surface area contributed by atoms with Crippen molar-refractivity contribution in [2.45, 2.75) is 12.5 Å². The summed E-state index contributed by atoms with van der Waals surface area (Å²) in [4.78, 5) is 11.3. The number of hydrogen-bond acceptors (Lipinski definition) is 4. The minimum atomic E-state index is -0.598. The van der Waals surface area contributed by atoms with E-state index in [-0.39, 0.29) is 32.1 Å². The lowest BCUT2D eigenvalue weighted by molar-refractivity contribution is -0.122. The third kappa shape index (κ3) is 5.33. The summed E-state index contributed by atoms with van der Waals surface area (Å²) in [7, 11) is 0. The molecule has 0 aliphatic carbocycles. The number of rotatable bonds is 7. The summed E-state index contributed by atoms with van der Waals surface area (Å²) in [6.07, 6.45) is 0.186. The van der Waals surface area contributed by atoms with Crippen LogP contribution in [0.5, 0.6) is 5.75 Å². The molecule has 1 amide bonds. The lowest BCUT2D eigenvalue weighted by atomic mass is 10.3. The number of hydrogen-bond donors (Lipinski definition) is 3. The quantitative estimate of drug-likeness (QED) is 0.622. The Balaban J connectivity index is 2.20. The van der Waals surface area contributed by atoms with Gasteiger partial charge in [-0.25, -0.2) is 0 Å². The molecular weight excluding hydrogens is 222 g/mol. The number of carbonyl (C=O) groups excluding carboxylic acids is 1. The van der Waals surface area contributed by atoms with E-state index >= 15 is 0 Å². The van der Waals surface area contributed by atoms with E-state index in [0.717, 1.165) is 0 Å². The Morgan fingerprint density at radius 1 is 1.24 bits per heavy atom. The van der Waals surface area contributed by atoms with Gasteiger partial charge in [0.05, 0.1) is 32.3 Å². The van der Waals surface area contributed by atoms with E-state index in [1.807, 2.05) is 30.3 Å². The Bertz CT molecular complexity index is 325. The van der Waals surface area contributed by atoms with Crippen molar-refractivity contribution in [1.29, 1.82) is 0 Å². The molecule has 0 spiro atoms. The van der Waals surface area contributed by atoms with Crippen molar-refractivity contribution in [2.75, 3.05) is 19.8 Å². The van der Waals surface area contributed by atoms with E-state index in [1.165, 1.54) is 0 Å². The van der Waals surface area contributed by atoms with Gasteiger partial charge >= 0.3 is 0 Å². The third-order valence-electron chi connectivity index (χ3n) is 2.15. The third-order valence-corrected chi connectivity index (χ3v) is 2.15. The fourth-order valence-corrected chi connectivity index (χ4v) is 1.23. The molecule has 0 atom stereocenters. The van der Waals surface area contributed by atoms with Crippen LogP contribution in [0.2, 0.25) is 0 Å². The second-order valence-corrected chi connectivity index (χ2v) is 3.54. The van der Waals surface area contributed by atoms with Crippen LogP contribution in [0.1, 0.15) is 6.42 Å². The lowest BCUT2D eigenvalue weighted by Crippen LogP contribution is -2.40. The molecule has 17 heavy (non-hydrogen) atoms. The van der Waals surface area contributed by atoms with Crippen LogP contribution in [0.15, 0.2) is 30.3 Å². The van der Waals surface area contributed by atoms with Crippen molar-refractivity contribution < 1.29 is 19.7 Å². The first kappa shape index (κ1) is 13.5. The van der Waals surface area contributed by atoms with Gasteiger partial charge in [0.1, 0.15) is 5.75 Å². The standard InChI is InChI=1S/C12H17NO4/c14-8-10(9-15)13-12(16)6-7-17-11-4-2-1-3-5-11/h1-5,10,14-15H,6-9H2,(H,13,16). The van der Waals surface area contributed by atoms with Gasteiger partial charge < -0.3 is 20.3 Å². The number of amides is 1. The smallest absolute Gasteiger partial charge is 0.223 e. The van der Waals surface area contributed by atoms with Gasteiger partial charge in [-0.1, -0.05) is 18.2 Å². The normalized spacial score (nSPS) is 10.3. The van der Waals surface area contributed by atoms with Crippen molar-refractivity contribution in [3.8, 4) is 5.75 Å². The Morgan fingerprint density at radius 3 is 2.47 bits per heavy atom. The summed E-state index contributed by atoms with van der Waals surface area (Å²) in [5.41, 5.74) is 0. The van der Waals surface area contributed by atoms with Gasteiger partial charge in [-0.3, -0.25) is 4.79 Å². The Morgan fingerprint density at radius 2 is 1.88 bits per heavy atom. The molecule has 94 valence electrons. The highest BCUT2D eigenvalue weighted by Gasteiger charge is 2.09. The molecule has 0 radical (unpaired) electrons. The monoisotopic (exact) mass is 239 g/mol. The number of para-hydroxylation sites is 1. The second-order valence-electron chi connectivity index (χ2n) is 3.54. The number of benzene rings is 1. The van der Waals surface area contributed by atoms with E-state index in [1.54, 1.807) is 0 Å². The van der Waals surface area contributed by atoms with Crippen LogP contribution in [0.3, 0.4) is 0 Å². The van der Waals surface area contributed by atoms with Gasteiger partial charge in [-0.2, -0.15) is 0 Å². The molecule has 0 aromatic heterocycles. The highest BCUT2D eigenvalue weighted by molar-refractivity contribution is 5.76. The molecule has 3 N–H and O–H groups in total. The first-order valence-electron chi connectivity index (χ1n) is 5.45. The summed E-state index contributed by atoms with van der Waals surface area (Å²) in [6.45, 7) is -0.289. The molecule has 1 aromatic carbocycles. The number of nitrogens with one attached hydrogen (secondary N) is 1. The molecule has 0 bridgehead atoms. The van der Waals surface area contributed by atoms with Crippen LogP contribution < -0.4 is 10.1 Å². The van der Waals surface area contributed by atoms with Crippen LogP contribution in [0, 0.1) is 0 Å². The molecule has 0 aliphatic rings. The molecule has 0 heterocycles. The number of carbonyl (C=O) groups is 1. The molecule has 1 aromatic rings. The van der Waals surface area contributed by atoms with Crippen molar-refractivity contribution in [1.82, 2.24) is 5.32 Å². The van der Waals surface area contributed by atoms with Crippen LogP contribution in [0.25, 0.3) is 0 Å². The maximum Gasteiger partial charge on any atom is 0.223 e. The van der Waals surface area contributed by atoms with Crippen molar-refractivity contribution in [2.24, 2.45) is 0 Å². The molecule has 0 aliphatic heterocycles. The summed E-state index contributed by atoms with van der Waals surface area (Å²) in [6, 6.07) is 8.60. The Kier molecular flexibility index (Phi) is 6.06. The number of aliphatic hydroxyl groups is 2. The van der Waals surface area contributed by atoms with E-state index in [2.05, 4.69) is 5.32 Å². The van der Waals surface area contributed by atoms with Gasteiger partial charge in [0.15, 0.2) is 0 Å². The summed E-state index contributed by atoms with van der Waals surface area (Å²) in [5, 5.41) is 20.0. The van der Waals surface area contributed by atoms with Crippen LogP contribution in [-0.4, -0.2) is 42.0 Å². The first-order chi connectivity index (χ1) is 8.26. The molecule has 1 rings (SSSR count). The fourth-order valence-electron chi connectivity index (χ4n) is 1.23. The van der Waals surface area contributed by atoms with Crippen molar-refractivity contribution in [3.63, 3.8) is 0 Å². The molecule has 0 saturated heterocycles. The summed E-state index contributed by atoms with van der Waals surface area (Å²) >= 11 is 0. The second kappa shape index (κ2) is 7.65. The fraction of sp³-hybridized carbons (Fsp3) is 0.417. The lowest BCUT2D eigenvalue weighted by Gasteiger charge is -2.13. The van der Waals surface area contributed by atoms with Gasteiger partial charge in [-0.15, -0.1) is 0 Å². The number of ether oxygens (including phenoxy) is 1. The van der Waals surface area contributed by atoms with Crippen LogP contribution >= 0.6 is 0 Å². The molecular formula is C12H17NO4. The van der Waals surface area contributed by atoms with Crippen molar-refractivity contribution in [3.05, 3.63) is 30.3 Å². The maximum atomic E-state index is 11.3. The highest BCUT2D eigenvalue weighted by Crippen LogP contribution is 2.08. The topological polar surface area (TPSA) is 78.8 Å². The van der Waals surface area contributed by atoms with E-state index in [9.17, 15) is 4.79 Å². The van der Waals surface area contributed by atoms with Crippen molar-refractivity contribution >= 4 is 5.91 Å². The molecule has 0 saturated carbocycles. The average molecular weight is 239 g/mol. The van der Waals surface area contributed by atoms with E-state index in [0.29, 0.717) is 5.75 Å². The molecule has 0 unspecified atom stereocenters. The highest BCUT2D eigenvalue weighted by atomic mass is 16.5. The van der Waals surface area contributed by atoms with Gasteiger partial charge in [-0.05, 0) is 12.1 Å². The zero-order valence-corrected chi connectivity index (χ0v) is 9.50. The largest absolute Gasteiger partial charge is 0.493 e. The summed E-state index contributed by atoms with van der Waals surface area (Å²) in [5.74, 6) is 0.454. The van der Waals surface area contributed by atoms with Gasteiger partial charge in [0, 0.05) is 0 Å². The van der Waals surface area contributed by atoms with E-state index < -0.39 is 6.04 Å². The first-order valence-corrected chi connectivity index (χ1v) is 5.45. The summed E-state index contributed by atoms with van der Waals surface area (Å²) < 4.78 is 5.34. The SMILES string of the molecule is O=C(CCOc1ccccc1)NC(CO)CO. The van der Waals surface area contributed by atoms with Gasteiger partial charge in [0.25, 0.3) is 0 Å². The van der Waals surface area contributed by atoms with Crippen LogP contribution in [-0.2, 0) is 4.79 Å². The number of aliphatic hydroxyl groups excluding tert-OH is 2. The predicted molar refractivity (Wildman–Crippen MR) is 62.7 cm³/mol. The Labute approximate surface area is 100 Å². The zero-order chi connectivity index (χ0) is 12.5. The minimum Gasteiger partial charge on any atom is -0.493 e. The average Bonchev–Trinajstić information content (AvgIpc) is 2.37. The molecule has 5 nitrogen and oxygen atoms in total. The van der Waals surface area contributed by atoms with E-state index in [4.69, 9.17) is 14.9 Å². The zero-order valence-electron chi connectivity index (χ0n) is 9.50. The molecule has 5 heteroatoms. The predicted octanol–water partition coefficient (Wildman–Crippen LogP) is -0.0751. The van der Waals surface area contributed by atoms with Gasteiger partial charge in [0.2, 0.25) is 5.91 Å².